The van der Waals surface area contributed by atoms with E-state index in [4.69, 9.17) is 16.3 Å². The van der Waals surface area contributed by atoms with Gasteiger partial charge in [0.2, 0.25) is 11.8 Å². The second-order valence-corrected chi connectivity index (χ2v) is 9.23. The van der Waals surface area contributed by atoms with Gasteiger partial charge in [0, 0.05) is 56.3 Å². The van der Waals surface area contributed by atoms with Gasteiger partial charge in [-0.05, 0) is 42.2 Å². The van der Waals surface area contributed by atoms with Crippen LogP contribution in [0.15, 0.2) is 60.2 Å². The summed E-state index contributed by atoms with van der Waals surface area (Å²) in [6.07, 6.45) is 7.71. The summed E-state index contributed by atoms with van der Waals surface area (Å²) in [5.74, 6) is -0.174. The lowest BCUT2D eigenvalue weighted by Crippen LogP contribution is -2.47. The van der Waals surface area contributed by atoms with E-state index in [9.17, 15) is 14.9 Å². The number of halogens is 1. The number of hydrogen-bond donors (Lipinski definition) is 0. The zero-order valence-electron chi connectivity index (χ0n) is 18.6. The minimum atomic E-state index is -0.428. The van der Waals surface area contributed by atoms with Crippen LogP contribution in [0.3, 0.4) is 0 Å². The van der Waals surface area contributed by atoms with Gasteiger partial charge in [-0.1, -0.05) is 30.9 Å². The van der Waals surface area contributed by atoms with Gasteiger partial charge in [-0.3, -0.25) is 9.59 Å². The number of benzene rings is 1. The Balaban J connectivity index is 1.57. The molecule has 7 heteroatoms. The zero-order chi connectivity index (χ0) is 23.4. The fraction of sp³-hybridized carbons (Fsp3) is 0.423. The third-order valence-corrected chi connectivity index (χ3v) is 7.18. The van der Waals surface area contributed by atoms with E-state index in [-0.39, 0.29) is 23.7 Å². The minimum Gasteiger partial charge on any atom is -0.381 e. The molecule has 1 aromatic rings. The van der Waals surface area contributed by atoms with Gasteiger partial charge in [-0.2, -0.15) is 5.26 Å². The molecule has 6 nitrogen and oxygen atoms in total. The Morgan fingerprint density at radius 2 is 2.12 bits per heavy atom. The van der Waals surface area contributed by atoms with Crippen molar-refractivity contribution < 1.29 is 14.3 Å². The van der Waals surface area contributed by atoms with Crippen LogP contribution in [0.1, 0.15) is 24.8 Å². The highest BCUT2D eigenvalue weighted by Gasteiger charge is 2.42. The predicted molar refractivity (Wildman–Crippen MR) is 128 cm³/mol. The highest BCUT2D eigenvalue weighted by Crippen LogP contribution is 2.40. The van der Waals surface area contributed by atoms with Crippen molar-refractivity contribution in [3.05, 3.63) is 65.8 Å². The van der Waals surface area contributed by atoms with Crippen molar-refractivity contribution >= 4 is 29.1 Å². The summed E-state index contributed by atoms with van der Waals surface area (Å²) in [6, 6.07) is 9.05. The molecule has 0 bridgehead atoms. The van der Waals surface area contributed by atoms with Crippen molar-refractivity contribution in [2.45, 2.75) is 19.3 Å². The molecule has 0 saturated carbocycles. The zero-order valence-corrected chi connectivity index (χ0v) is 19.4. The van der Waals surface area contributed by atoms with Crippen LogP contribution in [0.4, 0.5) is 5.69 Å². The van der Waals surface area contributed by atoms with Crippen LogP contribution in [-0.2, 0) is 14.3 Å². The quantitative estimate of drug-likeness (QED) is 0.636. The molecule has 0 radical (unpaired) electrons. The number of anilines is 1. The number of alkyl halides is 1. The number of nitrogens with zero attached hydrogens (tertiary/aromatic N) is 3. The molecule has 2 fully saturated rings. The maximum absolute atomic E-state index is 13.7. The fourth-order valence-electron chi connectivity index (χ4n) is 4.90. The molecule has 1 aromatic carbocycles. The normalized spacial score (nSPS) is 25.6. The molecular weight excluding hydrogens is 438 g/mol. The van der Waals surface area contributed by atoms with E-state index in [0.29, 0.717) is 50.0 Å². The van der Waals surface area contributed by atoms with Crippen molar-refractivity contribution in [3.63, 3.8) is 0 Å². The van der Waals surface area contributed by atoms with E-state index >= 15 is 0 Å². The first-order valence-electron chi connectivity index (χ1n) is 11.3. The predicted octanol–water partition coefficient (Wildman–Crippen LogP) is 3.83. The fourth-order valence-corrected chi connectivity index (χ4v) is 5.07. The molecule has 3 aliphatic rings. The maximum Gasteiger partial charge on any atom is 0.228 e. The van der Waals surface area contributed by atoms with Crippen molar-refractivity contribution in [1.82, 2.24) is 4.90 Å². The molecule has 0 N–H and O–H groups in total. The average molecular weight is 466 g/mol. The number of hydrogen-bond acceptors (Lipinski definition) is 4. The SMILES string of the molecule is C=C1/C=C(CCl)\C=C/CN(C(=O)[C@H]2CC(=O)N(c3cccc(C#N)c3)C2)CC12CCOCC2. The molecule has 0 aromatic heterocycles. The van der Waals surface area contributed by atoms with Gasteiger partial charge in [0.25, 0.3) is 0 Å². The Bertz CT molecular complexity index is 1050. The van der Waals surface area contributed by atoms with Crippen LogP contribution in [0.5, 0.6) is 0 Å². The number of ether oxygens (including phenoxy) is 1. The first kappa shape index (κ1) is 23.3. The summed E-state index contributed by atoms with van der Waals surface area (Å²) >= 11 is 6.14. The lowest BCUT2D eigenvalue weighted by molar-refractivity contribution is -0.137. The lowest BCUT2D eigenvalue weighted by atomic mass is 9.73. The van der Waals surface area contributed by atoms with Gasteiger partial charge in [0.15, 0.2) is 0 Å². The highest BCUT2D eigenvalue weighted by molar-refractivity contribution is 6.19. The van der Waals surface area contributed by atoms with E-state index in [2.05, 4.69) is 12.6 Å². The Morgan fingerprint density at radius 1 is 1.33 bits per heavy atom. The van der Waals surface area contributed by atoms with Gasteiger partial charge < -0.3 is 14.5 Å². The third kappa shape index (κ3) is 4.90. The molecule has 1 spiro atoms. The summed E-state index contributed by atoms with van der Waals surface area (Å²) < 4.78 is 5.61. The molecule has 0 unspecified atom stereocenters. The Hall–Kier alpha value is -2.88. The van der Waals surface area contributed by atoms with Crippen LogP contribution < -0.4 is 4.90 Å². The Kier molecular flexibility index (Phi) is 7.02. The van der Waals surface area contributed by atoms with Crippen molar-refractivity contribution in [1.29, 1.82) is 5.26 Å². The summed E-state index contributed by atoms with van der Waals surface area (Å²) in [7, 11) is 0. The van der Waals surface area contributed by atoms with Gasteiger partial charge in [-0.15, -0.1) is 11.6 Å². The Labute approximate surface area is 199 Å². The first-order chi connectivity index (χ1) is 16.0. The number of amides is 2. The summed E-state index contributed by atoms with van der Waals surface area (Å²) in [5, 5.41) is 9.18. The van der Waals surface area contributed by atoms with Crippen LogP contribution in [0.2, 0.25) is 0 Å². The molecular formula is C26H28ClN3O3. The molecule has 3 aliphatic heterocycles. The minimum absolute atomic E-state index is 0.0278. The van der Waals surface area contributed by atoms with E-state index in [1.807, 2.05) is 23.1 Å². The topological polar surface area (TPSA) is 73.6 Å². The number of carbonyl (C=O) groups excluding carboxylic acids is 2. The largest absolute Gasteiger partial charge is 0.381 e. The average Bonchev–Trinajstić information content (AvgIpc) is 3.25. The molecule has 2 saturated heterocycles. The van der Waals surface area contributed by atoms with Crippen molar-refractivity contribution in [2.24, 2.45) is 11.3 Å². The van der Waals surface area contributed by atoms with Gasteiger partial charge in [0.05, 0.1) is 17.6 Å². The standard InChI is InChI=1S/C26H28ClN3O3/c1-19-12-20(15-27)5-3-9-29(18-26(19)7-10-33-11-8-26)25(32)22-14-24(31)30(17-22)23-6-2-4-21(13-23)16-28/h2-6,12-13,22H,1,7-11,14-15,17-18H2/b5-3-,20-12+/t22-/m0/s1. The smallest absolute Gasteiger partial charge is 0.228 e. The molecule has 4 rings (SSSR count). The second-order valence-electron chi connectivity index (χ2n) is 8.96. The molecule has 33 heavy (non-hydrogen) atoms. The van der Waals surface area contributed by atoms with E-state index < -0.39 is 5.92 Å². The monoisotopic (exact) mass is 465 g/mol. The summed E-state index contributed by atoms with van der Waals surface area (Å²) in [4.78, 5) is 29.9. The van der Waals surface area contributed by atoms with Crippen LogP contribution >= 0.6 is 11.6 Å². The molecule has 3 heterocycles. The Morgan fingerprint density at radius 3 is 2.85 bits per heavy atom. The van der Waals surface area contributed by atoms with Crippen molar-refractivity contribution in [2.75, 3.05) is 43.6 Å². The van der Waals surface area contributed by atoms with Crippen molar-refractivity contribution in [3.8, 4) is 6.07 Å². The summed E-state index contributed by atoms with van der Waals surface area (Å²) in [6.45, 7) is 6.92. The van der Waals surface area contributed by atoms with E-state index in [1.54, 1.807) is 29.2 Å². The molecule has 2 amide bonds. The maximum atomic E-state index is 13.7. The van der Waals surface area contributed by atoms with Crippen LogP contribution in [0.25, 0.3) is 0 Å². The van der Waals surface area contributed by atoms with Gasteiger partial charge in [0.1, 0.15) is 0 Å². The number of nitriles is 1. The summed E-state index contributed by atoms with van der Waals surface area (Å²) in [5.41, 5.74) is 2.83. The van der Waals surface area contributed by atoms with Gasteiger partial charge >= 0.3 is 0 Å². The first-order valence-corrected chi connectivity index (χ1v) is 11.8. The van der Waals surface area contributed by atoms with E-state index in [1.165, 1.54) is 0 Å². The number of rotatable bonds is 3. The van der Waals surface area contributed by atoms with E-state index in [0.717, 1.165) is 24.0 Å². The number of allylic oxidation sites excluding steroid dienone is 3. The van der Waals surface area contributed by atoms with Gasteiger partial charge in [-0.25, -0.2) is 0 Å². The third-order valence-electron chi connectivity index (χ3n) is 6.87. The van der Waals surface area contributed by atoms with Crippen LogP contribution in [0, 0.1) is 22.7 Å². The lowest BCUT2D eigenvalue weighted by Gasteiger charge is -2.42. The molecule has 0 aliphatic carbocycles. The molecule has 172 valence electrons. The van der Waals surface area contributed by atoms with Crippen LogP contribution in [-0.4, -0.2) is 55.4 Å². The number of carbonyl (C=O) groups is 2. The molecule has 1 atom stereocenters. The second kappa shape index (κ2) is 9.94. The highest BCUT2D eigenvalue weighted by atomic mass is 35.5.